The van der Waals surface area contributed by atoms with E-state index in [2.05, 4.69) is 33.0 Å². The number of hydrogen-bond acceptors (Lipinski definition) is 3. The second kappa shape index (κ2) is 5.41. The highest BCUT2D eigenvalue weighted by Gasteiger charge is 2.50. The third-order valence-corrected chi connectivity index (χ3v) is 4.75. The molecule has 4 atom stereocenters. The lowest BCUT2D eigenvalue weighted by atomic mass is 9.98. The van der Waals surface area contributed by atoms with Crippen LogP contribution < -0.4 is 5.32 Å². The number of ether oxygens (including phenoxy) is 1. The second-order valence-corrected chi connectivity index (χ2v) is 6.52. The zero-order valence-corrected chi connectivity index (χ0v) is 12.9. The Balaban J connectivity index is 2.21. The first-order valence-corrected chi connectivity index (χ1v) is 7.62. The van der Waals surface area contributed by atoms with Gasteiger partial charge >= 0.3 is 0 Å². The number of rotatable bonds is 4. The summed E-state index contributed by atoms with van der Waals surface area (Å²) >= 11 is 0. The normalized spacial score (nSPS) is 37.4. The summed E-state index contributed by atoms with van der Waals surface area (Å²) in [5, 5.41) is 3.54. The van der Waals surface area contributed by atoms with E-state index in [9.17, 15) is 4.79 Å². The van der Waals surface area contributed by atoms with E-state index in [1.165, 1.54) is 0 Å². The third kappa shape index (κ3) is 2.52. The van der Waals surface area contributed by atoms with Crippen molar-refractivity contribution in [3.63, 3.8) is 0 Å². The van der Waals surface area contributed by atoms with Gasteiger partial charge in [-0.05, 0) is 39.0 Å². The van der Waals surface area contributed by atoms with Crippen molar-refractivity contribution in [2.24, 2.45) is 5.92 Å². The predicted molar refractivity (Wildman–Crippen MR) is 75.7 cm³/mol. The fourth-order valence-electron chi connectivity index (χ4n) is 3.21. The standard InChI is InChI=1S/C15H28N2O2/c1-6-15(5)14(18)17(13(16-15)10(2)3)11(4)12-8-7-9-19-12/h10-13,16H,6-9H2,1-5H3. The fourth-order valence-corrected chi connectivity index (χ4v) is 3.21. The zero-order chi connectivity index (χ0) is 14.2. The van der Waals surface area contributed by atoms with E-state index in [0.717, 1.165) is 25.9 Å². The quantitative estimate of drug-likeness (QED) is 0.849. The van der Waals surface area contributed by atoms with E-state index < -0.39 is 5.54 Å². The molecule has 4 unspecified atom stereocenters. The van der Waals surface area contributed by atoms with Gasteiger partial charge in [0, 0.05) is 6.61 Å². The number of amides is 1. The zero-order valence-electron chi connectivity index (χ0n) is 12.9. The van der Waals surface area contributed by atoms with Crippen molar-refractivity contribution in [1.29, 1.82) is 0 Å². The first-order valence-electron chi connectivity index (χ1n) is 7.62. The molecule has 0 bridgehead atoms. The Hall–Kier alpha value is -0.610. The van der Waals surface area contributed by atoms with Crippen molar-refractivity contribution in [3.05, 3.63) is 0 Å². The maximum absolute atomic E-state index is 12.8. The van der Waals surface area contributed by atoms with Crippen molar-refractivity contribution >= 4 is 5.91 Å². The Bertz CT molecular complexity index is 339. The molecule has 4 heteroatoms. The average Bonchev–Trinajstić information content (AvgIpc) is 2.97. The lowest BCUT2D eigenvalue weighted by Gasteiger charge is -2.35. The maximum atomic E-state index is 12.8. The van der Waals surface area contributed by atoms with Crippen LogP contribution in [0.15, 0.2) is 0 Å². The van der Waals surface area contributed by atoms with Crippen molar-refractivity contribution in [2.45, 2.75) is 77.7 Å². The molecule has 2 fully saturated rings. The molecule has 0 radical (unpaired) electrons. The minimum atomic E-state index is -0.415. The lowest BCUT2D eigenvalue weighted by Crippen LogP contribution is -2.50. The molecule has 2 heterocycles. The van der Waals surface area contributed by atoms with Crippen LogP contribution in [-0.4, -0.2) is 41.3 Å². The van der Waals surface area contributed by atoms with Crippen LogP contribution in [0.4, 0.5) is 0 Å². The van der Waals surface area contributed by atoms with E-state index in [4.69, 9.17) is 4.74 Å². The molecule has 0 aromatic heterocycles. The number of hydrogen-bond donors (Lipinski definition) is 1. The Morgan fingerprint density at radius 2 is 2.16 bits per heavy atom. The molecule has 1 amide bonds. The summed E-state index contributed by atoms with van der Waals surface area (Å²) < 4.78 is 5.78. The van der Waals surface area contributed by atoms with E-state index in [1.54, 1.807) is 0 Å². The van der Waals surface area contributed by atoms with Gasteiger partial charge in [0.15, 0.2) is 0 Å². The summed E-state index contributed by atoms with van der Waals surface area (Å²) in [6.07, 6.45) is 3.33. The minimum absolute atomic E-state index is 0.122. The van der Waals surface area contributed by atoms with Gasteiger partial charge in [-0.3, -0.25) is 10.1 Å². The molecule has 0 aromatic rings. The molecule has 110 valence electrons. The first-order chi connectivity index (χ1) is 8.90. The van der Waals surface area contributed by atoms with Crippen molar-refractivity contribution in [1.82, 2.24) is 10.2 Å². The molecule has 0 aliphatic carbocycles. The molecule has 2 rings (SSSR count). The van der Waals surface area contributed by atoms with Crippen LogP contribution in [0.2, 0.25) is 0 Å². The van der Waals surface area contributed by atoms with E-state index in [1.807, 2.05) is 11.8 Å². The maximum Gasteiger partial charge on any atom is 0.244 e. The van der Waals surface area contributed by atoms with Crippen LogP contribution in [-0.2, 0) is 9.53 Å². The van der Waals surface area contributed by atoms with Gasteiger partial charge in [-0.15, -0.1) is 0 Å². The van der Waals surface area contributed by atoms with Gasteiger partial charge in [0.05, 0.1) is 23.9 Å². The molecule has 0 spiro atoms. The molecule has 19 heavy (non-hydrogen) atoms. The highest BCUT2D eigenvalue weighted by molar-refractivity contribution is 5.88. The largest absolute Gasteiger partial charge is 0.376 e. The molecule has 2 saturated heterocycles. The number of nitrogens with one attached hydrogen (secondary N) is 1. The molecule has 4 nitrogen and oxygen atoms in total. The summed E-state index contributed by atoms with van der Waals surface area (Å²) in [6.45, 7) is 11.4. The van der Waals surface area contributed by atoms with Crippen LogP contribution in [0.5, 0.6) is 0 Å². The van der Waals surface area contributed by atoms with Crippen LogP contribution in [0, 0.1) is 5.92 Å². The van der Waals surface area contributed by atoms with Gasteiger partial charge in [0.2, 0.25) is 5.91 Å². The minimum Gasteiger partial charge on any atom is -0.376 e. The van der Waals surface area contributed by atoms with Gasteiger partial charge in [-0.2, -0.15) is 0 Å². The summed E-state index contributed by atoms with van der Waals surface area (Å²) in [4.78, 5) is 14.8. The highest BCUT2D eigenvalue weighted by atomic mass is 16.5. The molecular formula is C15H28N2O2. The highest BCUT2D eigenvalue weighted by Crippen LogP contribution is 2.32. The van der Waals surface area contributed by atoms with Gasteiger partial charge in [-0.25, -0.2) is 0 Å². The van der Waals surface area contributed by atoms with Crippen LogP contribution >= 0.6 is 0 Å². The molecular weight excluding hydrogens is 240 g/mol. The molecule has 0 aromatic carbocycles. The van der Waals surface area contributed by atoms with Crippen LogP contribution in [0.25, 0.3) is 0 Å². The first kappa shape index (κ1) is 14.8. The average molecular weight is 268 g/mol. The monoisotopic (exact) mass is 268 g/mol. The van der Waals surface area contributed by atoms with E-state index in [-0.39, 0.29) is 24.2 Å². The van der Waals surface area contributed by atoms with Gasteiger partial charge in [0.1, 0.15) is 0 Å². The van der Waals surface area contributed by atoms with E-state index >= 15 is 0 Å². The van der Waals surface area contributed by atoms with Gasteiger partial charge < -0.3 is 9.64 Å². The molecule has 1 N–H and O–H groups in total. The number of carbonyl (C=O) groups excluding carboxylic acids is 1. The third-order valence-electron chi connectivity index (χ3n) is 4.75. The van der Waals surface area contributed by atoms with Crippen molar-refractivity contribution in [2.75, 3.05) is 6.61 Å². The predicted octanol–water partition coefficient (Wildman–Crippen LogP) is 2.14. The van der Waals surface area contributed by atoms with E-state index in [0.29, 0.717) is 5.92 Å². The Kier molecular flexibility index (Phi) is 4.21. The molecule has 0 saturated carbocycles. The SMILES string of the molecule is CCC1(C)NC(C(C)C)N(C(C)C2CCCO2)C1=O. The van der Waals surface area contributed by atoms with Crippen molar-refractivity contribution in [3.8, 4) is 0 Å². The number of nitrogens with zero attached hydrogens (tertiary/aromatic N) is 1. The molecule has 2 aliphatic heterocycles. The topological polar surface area (TPSA) is 41.6 Å². The summed E-state index contributed by atoms with van der Waals surface area (Å²) in [5.41, 5.74) is -0.415. The number of carbonyl (C=O) groups is 1. The van der Waals surface area contributed by atoms with Gasteiger partial charge in [-0.1, -0.05) is 20.8 Å². The smallest absolute Gasteiger partial charge is 0.244 e. The van der Waals surface area contributed by atoms with Crippen LogP contribution in [0.1, 0.15) is 53.9 Å². The Morgan fingerprint density at radius 3 is 2.63 bits per heavy atom. The van der Waals surface area contributed by atoms with Crippen LogP contribution in [0.3, 0.4) is 0 Å². The summed E-state index contributed by atoms with van der Waals surface area (Å²) in [6, 6.07) is 0.156. The summed E-state index contributed by atoms with van der Waals surface area (Å²) in [7, 11) is 0. The van der Waals surface area contributed by atoms with Gasteiger partial charge in [0.25, 0.3) is 0 Å². The Morgan fingerprint density at radius 1 is 1.47 bits per heavy atom. The summed E-state index contributed by atoms with van der Waals surface area (Å²) in [5.74, 6) is 0.637. The second-order valence-electron chi connectivity index (χ2n) is 6.52. The molecule has 2 aliphatic rings. The van der Waals surface area contributed by atoms with Crippen molar-refractivity contribution < 1.29 is 9.53 Å². The lowest BCUT2D eigenvalue weighted by molar-refractivity contribution is -0.138. The fraction of sp³-hybridized carbons (Fsp3) is 0.933. The Labute approximate surface area is 116 Å².